The first-order valence-electron chi connectivity index (χ1n) is 12.7. The molecule has 2 fully saturated rings. The van der Waals surface area contributed by atoms with Gasteiger partial charge in [-0.3, -0.25) is 19.8 Å². The van der Waals surface area contributed by atoms with Crippen LogP contribution in [0.4, 0.5) is 40.8 Å². The summed E-state index contributed by atoms with van der Waals surface area (Å²) in [5, 5.41) is 13.6. The van der Waals surface area contributed by atoms with E-state index in [-0.39, 0.29) is 30.2 Å². The molecule has 14 heteroatoms. The fraction of sp³-hybridized carbons (Fsp3) is 0.296. The summed E-state index contributed by atoms with van der Waals surface area (Å²) in [6.07, 6.45) is -4.32. The minimum Gasteiger partial charge on any atom is -0.442 e. The number of amides is 2. The molecule has 1 atom stereocenters. The molecule has 0 aliphatic carbocycles. The molecule has 0 spiro atoms. The summed E-state index contributed by atoms with van der Waals surface area (Å²) in [5.41, 5.74) is 0.618. The van der Waals surface area contributed by atoms with Crippen LogP contribution in [0.3, 0.4) is 0 Å². The molecule has 1 aromatic heterocycles. The summed E-state index contributed by atoms with van der Waals surface area (Å²) in [6.45, 7) is 1.93. The number of nitrogens with zero attached hydrogens (tertiary/aromatic N) is 5. The summed E-state index contributed by atoms with van der Waals surface area (Å²) in [6, 6.07) is 14.8. The van der Waals surface area contributed by atoms with Gasteiger partial charge < -0.3 is 19.9 Å². The molecule has 214 valence electrons. The second kappa shape index (κ2) is 11.3. The number of carbonyl (C=O) groups is 2. The third-order valence-electron chi connectivity index (χ3n) is 6.88. The standard InChI is InChI=1S/C27H25F3N6O5/c28-27(29,30)23-5-2-10-31-24(23)34-13-11-33(12-14-34)19-6-8-20(9-7-19)35-17-22(41-26(35)38)16-32-25(37)18-3-1-4-21(15-18)36(39)40/h1-10,15,22H,11-14,16-17H2,(H,32,37)/t22-/m0/s1. The largest absolute Gasteiger partial charge is 0.442 e. The summed E-state index contributed by atoms with van der Waals surface area (Å²) < 4.78 is 45.6. The lowest BCUT2D eigenvalue weighted by atomic mass is 10.2. The van der Waals surface area contributed by atoms with Gasteiger partial charge in [-0.25, -0.2) is 9.78 Å². The Morgan fingerprint density at radius 2 is 1.71 bits per heavy atom. The molecule has 2 saturated heterocycles. The Kier molecular flexibility index (Phi) is 7.64. The van der Waals surface area contributed by atoms with E-state index in [2.05, 4.69) is 10.3 Å². The third kappa shape index (κ3) is 6.15. The van der Waals surface area contributed by atoms with Crippen molar-refractivity contribution in [3.63, 3.8) is 0 Å². The highest BCUT2D eigenvalue weighted by molar-refractivity contribution is 5.95. The zero-order valence-corrected chi connectivity index (χ0v) is 21.6. The number of rotatable bonds is 7. The SMILES string of the molecule is O=C(NC[C@H]1CN(c2ccc(N3CCN(c4ncccc4C(F)(F)F)CC3)cc2)C(=O)O1)c1cccc([N+](=O)[O-])c1. The number of aromatic nitrogens is 1. The average molecular weight is 571 g/mol. The Morgan fingerprint density at radius 1 is 1.02 bits per heavy atom. The van der Waals surface area contributed by atoms with Crippen LogP contribution in [0.1, 0.15) is 15.9 Å². The van der Waals surface area contributed by atoms with Crippen LogP contribution in [-0.2, 0) is 10.9 Å². The van der Waals surface area contributed by atoms with Crippen LogP contribution in [-0.4, -0.2) is 67.3 Å². The van der Waals surface area contributed by atoms with E-state index in [4.69, 9.17) is 4.74 Å². The number of carbonyl (C=O) groups excluding carboxylic acids is 2. The number of nitro benzene ring substituents is 1. The number of halogens is 3. The van der Waals surface area contributed by atoms with Crippen molar-refractivity contribution in [3.05, 3.63) is 88.1 Å². The van der Waals surface area contributed by atoms with E-state index in [1.807, 2.05) is 17.0 Å². The van der Waals surface area contributed by atoms with Crippen LogP contribution < -0.4 is 20.0 Å². The number of non-ortho nitro benzene ring substituents is 1. The lowest BCUT2D eigenvalue weighted by Crippen LogP contribution is -2.47. The Morgan fingerprint density at radius 3 is 2.39 bits per heavy atom. The molecular weight excluding hydrogens is 545 g/mol. The van der Waals surface area contributed by atoms with Crippen LogP contribution in [0.2, 0.25) is 0 Å². The van der Waals surface area contributed by atoms with E-state index in [1.54, 1.807) is 17.0 Å². The number of hydrogen-bond acceptors (Lipinski definition) is 8. The van der Waals surface area contributed by atoms with Gasteiger partial charge >= 0.3 is 12.3 Å². The van der Waals surface area contributed by atoms with E-state index in [1.165, 1.54) is 41.4 Å². The van der Waals surface area contributed by atoms with Crippen molar-refractivity contribution in [2.45, 2.75) is 12.3 Å². The molecule has 5 rings (SSSR count). The van der Waals surface area contributed by atoms with Gasteiger partial charge in [0.15, 0.2) is 0 Å². The fourth-order valence-corrected chi connectivity index (χ4v) is 4.80. The molecule has 2 amide bonds. The Hall–Kier alpha value is -4.88. The van der Waals surface area contributed by atoms with Gasteiger partial charge in [-0.2, -0.15) is 13.2 Å². The van der Waals surface area contributed by atoms with Crippen LogP contribution in [0.25, 0.3) is 0 Å². The molecule has 3 aromatic rings. The molecule has 3 heterocycles. The number of cyclic esters (lactones) is 1. The van der Waals surface area contributed by atoms with Crippen molar-refractivity contribution in [2.24, 2.45) is 0 Å². The summed E-state index contributed by atoms with van der Waals surface area (Å²) >= 11 is 0. The molecule has 0 radical (unpaired) electrons. The number of pyridine rings is 1. The Labute approximate surface area is 232 Å². The van der Waals surface area contributed by atoms with Crippen LogP contribution in [0.5, 0.6) is 0 Å². The predicted octanol–water partition coefficient (Wildman–Crippen LogP) is 4.09. The highest BCUT2D eigenvalue weighted by Crippen LogP contribution is 2.35. The molecule has 0 bridgehead atoms. The monoisotopic (exact) mass is 570 g/mol. The fourth-order valence-electron chi connectivity index (χ4n) is 4.80. The molecule has 1 N–H and O–H groups in total. The molecule has 2 aliphatic heterocycles. The number of nitrogens with one attached hydrogen (secondary N) is 1. The smallest absolute Gasteiger partial charge is 0.419 e. The van der Waals surface area contributed by atoms with E-state index >= 15 is 0 Å². The first-order valence-corrected chi connectivity index (χ1v) is 12.7. The highest BCUT2D eigenvalue weighted by Gasteiger charge is 2.36. The summed E-state index contributed by atoms with van der Waals surface area (Å²) in [4.78, 5) is 44.3. The molecule has 2 aliphatic rings. The molecule has 11 nitrogen and oxygen atoms in total. The quantitative estimate of drug-likeness (QED) is 0.333. The second-order valence-electron chi connectivity index (χ2n) is 9.50. The van der Waals surface area contributed by atoms with Gasteiger partial charge in [-0.05, 0) is 42.5 Å². The van der Waals surface area contributed by atoms with Crippen LogP contribution in [0, 0.1) is 10.1 Å². The maximum atomic E-state index is 13.4. The summed E-state index contributed by atoms with van der Waals surface area (Å²) in [5.74, 6) is -0.594. The molecule has 0 unspecified atom stereocenters. The zero-order chi connectivity index (χ0) is 29.1. The Balaban J connectivity index is 1.15. The second-order valence-corrected chi connectivity index (χ2v) is 9.50. The van der Waals surface area contributed by atoms with E-state index in [0.717, 1.165) is 11.8 Å². The normalized spacial score (nSPS) is 17.4. The van der Waals surface area contributed by atoms with Crippen molar-refractivity contribution >= 4 is 34.9 Å². The molecule has 2 aromatic carbocycles. The number of nitro groups is 1. The predicted molar refractivity (Wildman–Crippen MR) is 143 cm³/mol. The maximum Gasteiger partial charge on any atom is 0.419 e. The van der Waals surface area contributed by atoms with Gasteiger partial charge in [0.1, 0.15) is 11.9 Å². The number of ether oxygens (including phenoxy) is 1. The van der Waals surface area contributed by atoms with E-state index in [9.17, 15) is 32.9 Å². The lowest BCUT2D eigenvalue weighted by molar-refractivity contribution is -0.384. The minimum absolute atomic E-state index is 0.0262. The van der Waals surface area contributed by atoms with Gasteiger partial charge in [0.05, 0.1) is 23.6 Å². The number of benzene rings is 2. The van der Waals surface area contributed by atoms with E-state index in [0.29, 0.717) is 31.9 Å². The average Bonchev–Trinajstić information content (AvgIpc) is 3.36. The number of piperazine rings is 1. The third-order valence-corrected chi connectivity index (χ3v) is 6.88. The van der Waals surface area contributed by atoms with Gasteiger partial charge in [-0.1, -0.05) is 6.07 Å². The Bertz CT molecular complexity index is 1440. The van der Waals surface area contributed by atoms with Crippen molar-refractivity contribution in [2.75, 3.05) is 54.0 Å². The van der Waals surface area contributed by atoms with Gasteiger partial charge in [0.2, 0.25) is 0 Å². The van der Waals surface area contributed by atoms with E-state index < -0.39 is 34.8 Å². The maximum absolute atomic E-state index is 13.4. The van der Waals surface area contributed by atoms with Gasteiger partial charge in [-0.15, -0.1) is 0 Å². The number of hydrogen-bond donors (Lipinski definition) is 1. The van der Waals surface area contributed by atoms with Crippen molar-refractivity contribution in [1.29, 1.82) is 0 Å². The van der Waals surface area contributed by atoms with Crippen LogP contribution in [0.15, 0.2) is 66.9 Å². The van der Waals surface area contributed by atoms with Crippen LogP contribution >= 0.6 is 0 Å². The van der Waals surface area contributed by atoms with Gasteiger partial charge in [0, 0.05) is 61.4 Å². The topological polar surface area (TPSA) is 121 Å². The minimum atomic E-state index is -4.48. The van der Waals surface area contributed by atoms with Crippen molar-refractivity contribution < 1.29 is 32.4 Å². The lowest BCUT2D eigenvalue weighted by Gasteiger charge is -2.37. The zero-order valence-electron chi connectivity index (χ0n) is 21.6. The molecule has 0 saturated carbocycles. The number of alkyl halides is 3. The first kappa shape index (κ1) is 27.7. The first-order chi connectivity index (χ1) is 19.6. The van der Waals surface area contributed by atoms with Crippen molar-refractivity contribution in [1.82, 2.24) is 10.3 Å². The van der Waals surface area contributed by atoms with Gasteiger partial charge in [0.25, 0.3) is 11.6 Å². The molecular formula is C27H25F3N6O5. The summed E-state index contributed by atoms with van der Waals surface area (Å²) in [7, 11) is 0. The highest BCUT2D eigenvalue weighted by atomic mass is 19.4. The number of anilines is 3. The molecule has 41 heavy (non-hydrogen) atoms. The van der Waals surface area contributed by atoms with Crippen molar-refractivity contribution in [3.8, 4) is 0 Å².